The maximum atomic E-state index is 3.46. The van der Waals surface area contributed by atoms with Crippen LogP contribution in [0.25, 0.3) is 0 Å². The van der Waals surface area contributed by atoms with Gasteiger partial charge >= 0.3 is 0 Å². The van der Waals surface area contributed by atoms with E-state index in [-0.39, 0.29) is 12.4 Å². The molecule has 2 saturated heterocycles. The van der Waals surface area contributed by atoms with Crippen LogP contribution >= 0.6 is 24.2 Å². The molecule has 2 nitrogen and oxygen atoms in total. The van der Waals surface area contributed by atoms with Crippen LogP contribution in [0.15, 0.2) is 0 Å². The van der Waals surface area contributed by atoms with Gasteiger partial charge in [-0.15, -0.1) is 12.4 Å². The maximum absolute atomic E-state index is 3.46. The molecule has 0 spiro atoms. The summed E-state index contributed by atoms with van der Waals surface area (Å²) in [7, 11) is 0. The molecule has 2 rings (SSSR count). The van der Waals surface area contributed by atoms with Gasteiger partial charge in [0.1, 0.15) is 0 Å². The van der Waals surface area contributed by atoms with Gasteiger partial charge in [-0.3, -0.25) is 4.90 Å². The Morgan fingerprint density at radius 2 is 2.29 bits per heavy atom. The lowest BCUT2D eigenvalue weighted by Gasteiger charge is -2.41. The lowest BCUT2D eigenvalue weighted by Crippen LogP contribution is -2.55. The van der Waals surface area contributed by atoms with E-state index in [4.69, 9.17) is 0 Å². The van der Waals surface area contributed by atoms with E-state index in [0.717, 1.165) is 12.1 Å². The molecule has 1 N–H and O–H groups in total. The third-order valence-electron chi connectivity index (χ3n) is 3.16. The molecule has 0 saturated carbocycles. The lowest BCUT2D eigenvalue weighted by atomic mass is 10.1. The fraction of sp³-hybridized carbons (Fsp3) is 1.00. The summed E-state index contributed by atoms with van der Waals surface area (Å²) >= 11 is 2.14. The van der Waals surface area contributed by atoms with Crippen molar-refractivity contribution in [3.05, 3.63) is 0 Å². The number of piperazine rings is 1. The number of hydrogen-bond donors (Lipinski definition) is 1. The Hall–Kier alpha value is 0.560. The maximum Gasteiger partial charge on any atom is 0.0196 e. The molecule has 0 aromatic heterocycles. The predicted octanol–water partition coefficient (Wildman–Crippen LogP) is 1.60. The Morgan fingerprint density at radius 3 is 2.93 bits per heavy atom. The molecule has 4 heteroatoms. The molecule has 2 atom stereocenters. The average molecular weight is 237 g/mol. The van der Waals surface area contributed by atoms with Crippen molar-refractivity contribution in [2.75, 3.05) is 31.1 Å². The van der Waals surface area contributed by atoms with Gasteiger partial charge in [-0.05, 0) is 25.5 Å². The summed E-state index contributed by atoms with van der Waals surface area (Å²) in [5, 5.41) is 3.46. The molecule has 2 aliphatic rings. The minimum atomic E-state index is 0. The highest BCUT2D eigenvalue weighted by molar-refractivity contribution is 7.99. The van der Waals surface area contributed by atoms with Gasteiger partial charge < -0.3 is 5.32 Å². The van der Waals surface area contributed by atoms with Crippen molar-refractivity contribution in [3.8, 4) is 0 Å². The van der Waals surface area contributed by atoms with Gasteiger partial charge in [-0.2, -0.15) is 11.8 Å². The van der Waals surface area contributed by atoms with Gasteiger partial charge in [0.25, 0.3) is 0 Å². The smallest absolute Gasteiger partial charge is 0.0196 e. The van der Waals surface area contributed by atoms with Crippen molar-refractivity contribution in [1.29, 1.82) is 0 Å². The molecule has 0 bridgehead atoms. The fourth-order valence-corrected chi connectivity index (χ4v) is 3.55. The van der Waals surface area contributed by atoms with Gasteiger partial charge in [0, 0.05) is 37.5 Å². The normalized spacial score (nSPS) is 34.9. The largest absolute Gasteiger partial charge is 0.314 e. The molecule has 2 aliphatic heterocycles. The Morgan fingerprint density at radius 1 is 1.43 bits per heavy atom. The molecule has 2 fully saturated rings. The zero-order valence-electron chi connectivity index (χ0n) is 8.87. The van der Waals surface area contributed by atoms with Crippen LogP contribution in [-0.2, 0) is 0 Å². The molecule has 84 valence electrons. The van der Waals surface area contributed by atoms with Crippen LogP contribution in [0.5, 0.6) is 0 Å². The van der Waals surface area contributed by atoms with E-state index >= 15 is 0 Å². The second-order valence-corrected chi connectivity index (χ2v) is 5.31. The summed E-state index contributed by atoms with van der Waals surface area (Å²) in [4.78, 5) is 2.71. The molecule has 0 amide bonds. The van der Waals surface area contributed by atoms with E-state index in [2.05, 4.69) is 28.9 Å². The van der Waals surface area contributed by atoms with Crippen molar-refractivity contribution in [3.63, 3.8) is 0 Å². The van der Waals surface area contributed by atoms with E-state index in [0.29, 0.717) is 0 Å². The highest BCUT2D eigenvalue weighted by atomic mass is 35.5. The van der Waals surface area contributed by atoms with E-state index in [1.54, 1.807) is 0 Å². The molecular formula is C10H21ClN2S. The summed E-state index contributed by atoms with van der Waals surface area (Å²) < 4.78 is 0. The first-order valence-electron chi connectivity index (χ1n) is 5.42. The highest BCUT2D eigenvalue weighted by Crippen LogP contribution is 2.23. The van der Waals surface area contributed by atoms with Crippen LogP contribution in [0.1, 0.15) is 19.8 Å². The quantitative estimate of drug-likeness (QED) is 0.745. The van der Waals surface area contributed by atoms with Crippen molar-refractivity contribution in [2.45, 2.75) is 31.8 Å². The first-order chi connectivity index (χ1) is 6.38. The molecule has 1 unspecified atom stereocenters. The molecule has 14 heavy (non-hydrogen) atoms. The molecule has 0 aliphatic carbocycles. The number of thioether (sulfide) groups is 1. The standard InChI is InChI=1S/C10H20N2S.ClH/c1-9-7-11-4-5-12(9)10-3-2-6-13-8-10;/h9-11H,2-8H2,1H3;1H/t9-,10?;/m0./s1. The van der Waals surface area contributed by atoms with Crippen molar-refractivity contribution >= 4 is 24.2 Å². The fourth-order valence-electron chi connectivity index (χ4n) is 2.38. The zero-order chi connectivity index (χ0) is 9.10. The third-order valence-corrected chi connectivity index (χ3v) is 4.36. The van der Waals surface area contributed by atoms with Gasteiger partial charge in [-0.1, -0.05) is 0 Å². The van der Waals surface area contributed by atoms with Gasteiger partial charge in [-0.25, -0.2) is 0 Å². The molecule has 0 aromatic carbocycles. The minimum Gasteiger partial charge on any atom is -0.314 e. The summed E-state index contributed by atoms with van der Waals surface area (Å²) in [6.07, 6.45) is 2.85. The van der Waals surface area contributed by atoms with E-state index in [9.17, 15) is 0 Å². The first-order valence-corrected chi connectivity index (χ1v) is 6.57. The third kappa shape index (κ3) is 3.02. The molecule has 2 heterocycles. The number of hydrogen-bond acceptors (Lipinski definition) is 3. The summed E-state index contributed by atoms with van der Waals surface area (Å²) in [5.41, 5.74) is 0. The lowest BCUT2D eigenvalue weighted by molar-refractivity contribution is 0.121. The number of nitrogens with zero attached hydrogens (tertiary/aromatic N) is 1. The Labute approximate surface area is 97.6 Å². The van der Waals surface area contributed by atoms with E-state index < -0.39 is 0 Å². The Bertz CT molecular complexity index is 162. The number of rotatable bonds is 1. The van der Waals surface area contributed by atoms with Crippen molar-refractivity contribution < 1.29 is 0 Å². The van der Waals surface area contributed by atoms with Crippen LogP contribution in [-0.4, -0.2) is 48.1 Å². The molecule has 0 aromatic rings. The summed E-state index contributed by atoms with van der Waals surface area (Å²) in [6.45, 7) is 5.98. The van der Waals surface area contributed by atoms with Crippen LogP contribution in [0.3, 0.4) is 0 Å². The van der Waals surface area contributed by atoms with Crippen LogP contribution < -0.4 is 5.32 Å². The van der Waals surface area contributed by atoms with Crippen molar-refractivity contribution in [1.82, 2.24) is 10.2 Å². The molecule has 0 radical (unpaired) electrons. The van der Waals surface area contributed by atoms with Gasteiger partial charge in [0.05, 0.1) is 0 Å². The monoisotopic (exact) mass is 236 g/mol. The SMILES string of the molecule is C[C@H]1CNCCN1C1CCCSC1.Cl. The van der Waals surface area contributed by atoms with Crippen LogP contribution in [0.2, 0.25) is 0 Å². The first kappa shape index (κ1) is 12.6. The van der Waals surface area contributed by atoms with E-state index in [1.807, 2.05) is 0 Å². The zero-order valence-corrected chi connectivity index (χ0v) is 10.5. The second kappa shape index (κ2) is 6.21. The van der Waals surface area contributed by atoms with Crippen molar-refractivity contribution in [2.24, 2.45) is 0 Å². The van der Waals surface area contributed by atoms with Crippen LogP contribution in [0.4, 0.5) is 0 Å². The second-order valence-electron chi connectivity index (χ2n) is 4.16. The topological polar surface area (TPSA) is 15.3 Å². The summed E-state index contributed by atoms with van der Waals surface area (Å²) in [6, 6.07) is 1.62. The Kier molecular flexibility index (Phi) is 5.60. The number of halogens is 1. The predicted molar refractivity (Wildman–Crippen MR) is 66.6 cm³/mol. The van der Waals surface area contributed by atoms with Gasteiger partial charge in [0.2, 0.25) is 0 Å². The Balaban J connectivity index is 0.000000980. The number of nitrogens with one attached hydrogen (secondary N) is 1. The highest BCUT2D eigenvalue weighted by Gasteiger charge is 2.26. The van der Waals surface area contributed by atoms with Gasteiger partial charge in [0.15, 0.2) is 0 Å². The molecular weight excluding hydrogens is 216 g/mol. The summed E-state index contributed by atoms with van der Waals surface area (Å²) in [5.74, 6) is 2.75. The van der Waals surface area contributed by atoms with Crippen LogP contribution in [0, 0.1) is 0 Å². The average Bonchev–Trinajstić information content (AvgIpc) is 2.20. The minimum absolute atomic E-state index is 0. The van der Waals surface area contributed by atoms with E-state index in [1.165, 1.54) is 44.0 Å².